The van der Waals surface area contributed by atoms with Crippen molar-refractivity contribution in [1.29, 1.82) is 0 Å². The molecule has 3 aliphatic heterocycles. The first-order valence-electron chi connectivity index (χ1n) is 33.2. The number of rotatable bonds is 25. The van der Waals surface area contributed by atoms with Crippen LogP contribution in [0.2, 0.25) is 0 Å². The van der Waals surface area contributed by atoms with Gasteiger partial charge in [0.2, 0.25) is 11.8 Å². The largest absolute Gasteiger partial charge is 0.456 e. The number of nitrogens with one attached hydrogen (secondary N) is 2. The number of hydrogen-bond acceptors (Lipinski definition) is 16. The Balaban J connectivity index is 1.12. The average Bonchev–Trinajstić information content (AvgIpc) is 0.705. The van der Waals surface area contributed by atoms with Gasteiger partial charge in [-0.25, -0.2) is 0 Å². The van der Waals surface area contributed by atoms with Crippen LogP contribution >= 0.6 is 0 Å². The molecule has 9 aromatic carbocycles. The zero-order valence-electron chi connectivity index (χ0n) is 56.7. The normalized spacial score (nSPS) is 14.7. The highest BCUT2D eigenvalue weighted by Crippen LogP contribution is 2.59. The molecule has 20 nitrogen and oxygen atoms in total. The Morgan fingerprint density at radius 3 is 1.08 bits per heavy atom. The number of hydrogen-bond donors (Lipinski definition) is 2. The lowest BCUT2D eigenvalue weighted by Gasteiger charge is -2.35. The number of imide groups is 2. The van der Waals surface area contributed by atoms with Crippen molar-refractivity contribution in [1.82, 2.24) is 30.4 Å². The van der Waals surface area contributed by atoms with Crippen LogP contribution in [0.25, 0.3) is 43.1 Å². The van der Waals surface area contributed by atoms with Crippen molar-refractivity contribution in [2.24, 2.45) is 0 Å². The lowest BCUT2D eigenvalue weighted by atomic mass is 9.80. The fourth-order valence-electron chi connectivity index (χ4n) is 13.6. The van der Waals surface area contributed by atoms with Gasteiger partial charge in [-0.2, -0.15) is 0 Å². The van der Waals surface area contributed by atoms with Gasteiger partial charge in [0.15, 0.2) is 12.1 Å². The van der Waals surface area contributed by atoms with E-state index in [-0.39, 0.29) is 139 Å². The van der Waals surface area contributed by atoms with E-state index in [1.54, 1.807) is 60.7 Å². The van der Waals surface area contributed by atoms with Crippen molar-refractivity contribution in [3.05, 3.63) is 224 Å². The number of carbonyl (C=O) groups excluding carboxylic acids is 6. The fraction of sp³-hybridized carbons (Fsp3) is 0.250. The molecule has 506 valence electrons. The highest BCUT2D eigenvalue weighted by atomic mass is 16.7. The lowest BCUT2D eigenvalue weighted by Crippen LogP contribution is -2.49. The zero-order chi connectivity index (χ0) is 69.8. The molecule has 1 fully saturated rings. The van der Waals surface area contributed by atoms with E-state index in [1.807, 2.05) is 135 Å². The second-order valence-electron chi connectivity index (χ2n) is 25.6. The SMILES string of the molecule is CCOCOCCNC(=O)C(c1ccccn1)N1C(=O)c2cc(Oc3ccc(C)cc3C)c3c4c(Oc5ccc(C)cc5C)cc5c6c(cc(Oc7ccc(C)cc7C)c(c7c(Oc8ccc(C)cc8C)cc(c2c37)C1=O)c64)C(=O)N(C(C(=O)NCCOCC1CO1)c1ccccn1)C5=O. The summed E-state index contributed by atoms with van der Waals surface area (Å²) in [5, 5.41) is 7.75. The molecule has 2 N–H and O–H groups in total. The Bertz CT molecular complexity index is 4920. The van der Waals surface area contributed by atoms with Crippen LogP contribution in [0, 0.1) is 55.4 Å². The van der Waals surface area contributed by atoms with E-state index in [0.717, 1.165) is 54.3 Å². The number of aromatic nitrogens is 2. The molecule has 3 atom stereocenters. The molecule has 2 aromatic heterocycles. The number of ether oxygens (including phenoxy) is 8. The number of epoxide rings is 1. The van der Waals surface area contributed by atoms with Crippen LogP contribution in [0.15, 0.2) is 146 Å². The van der Waals surface area contributed by atoms with Crippen LogP contribution in [0.4, 0.5) is 0 Å². The predicted octanol–water partition coefficient (Wildman–Crippen LogP) is 14.5. The highest BCUT2D eigenvalue weighted by molar-refractivity contribution is 6.45. The van der Waals surface area contributed by atoms with Crippen LogP contribution in [-0.4, -0.2) is 114 Å². The monoisotopic (exact) mass is 1340 g/mol. The van der Waals surface area contributed by atoms with Crippen LogP contribution in [0.3, 0.4) is 0 Å². The Labute approximate surface area is 576 Å². The van der Waals surface area contributed by atoms with Crippen molar-refractivity contribution in [3.63, 3.8) is 0 Å². The Morgan fingerprint density at radius 1 is 0.440 bits per heavy atom. The quantitative estimate of drug-likeness (QED) is 0.0135. The van der Waals surface area contributed by atoms with Gasteiger partial charge in [0.25, 0.3) is 23.6 Å². The minimum atomic E-state index is -1.64. The minimum Gasteiger partial charge on any atom is -0.456 e. The van der Waals surface area contributed by atoms with E-state index in [4.69, 9.17) is 37.9 Å². The molecular formula is C80H72N6O14. The van der Waals surface area contributed by atoms with Crippen molar-refractivity contribution in [2.45, 2.75) is 80.5 Å². The van der Waals surface area contributed by atoms with Gasteiger partial charge >= 0.3 is 0 Å². The zero-order valence-corrected chi connectivity index (χ0v) is 56.7. The number of benzene rings is 9. The Morgan fingerprint density at radius 2 is 0.780 bits per heavy atom. The van der Waals surface area contributed by atoms with E-state index in [2.05, 4.69) is 20.6 Å². The van der Waals surface area contributed by atoms with Crippen LogP contribution in [0.5, 0.6) is 46.0 Å². The summed E-state index contributed by atoms with van der Waals surface area (Å²) in [5.41, 5.74) is 6.74. The number of amides is 6. The summed E-state index contributed by atoms with van der Waals surface area (Å²) in [5.74, 6) is -3.01. The van der Waals surface area contributed by atoms with Gasteiger partial charge in [0, 0.05) is 75.2 Å². The van der Waals surface area contributed by atoms with E-state index < -0.39 is 47.5 Å². The summed E-state index contributed by atoms with van der Waals surface area (Å²) in [6.45, 7) is 18.8. The van der Waals surface area contributed by atoms with Crippen LogP contribution in [0.1, 0.15) is 116 Å². The van der Waals surface area contributed by atoms with E-state index in [9.17, 15) is 0 Å². The van der Waals surface area contributed by atoms with Gasteiger partial charge in [0.1, 0.15) is 58.9 Å². The summed E-state index contributed by atoms with van der Waals surface area (Å²) >= 11 is 0. The summed E-state index contributed by atoms with van der Waals surface area (Å²) < 4.78 is 51.5. The fourth-order valence-corrected chi connectivity index (χ4v) is 13.6. The molecule has 20 heteroatoms. The third-order valence-electron chi connectivity index (χ3n) is 18.3. The third-order valence-corrected chi connectivity index (χ3v) is 18.3. The molecule has 3 unspecified atom stereocenters. The number of aryl methyl sites for hydroxylation is 8. The van der Waals surface area contributed by atoms with Gasteiger partial charge in [-0.1, -0.05) is 82.9 Å². The molecule has 0 saturated carbocycles. The number of nitrogens with zero attached hydrogens (tertiary/aromatic N) is 4. The van der Waals surface area contributed by atoms with Gasteiger partial charge < -0.3 is 48.5 Å². The first-order chi connectivity index (χ1) is 48.4. The molecule has 100 heavy (non-hydrogen) atoms. The van der Waals surface area contributed by atoms with Crippen LogP contribution in [-0.2, 0) is 28.5 Å². The third kappa shape index (κ3) is 12.3. The molecule has 0 spiro atoms. The molecule has 1 saturated heterocycles. The first kappa shape index (κ1) is 66.1. The topological polar surface area (TPSA) is 236 Å². The van der Waals surface area contributed by atoms with E-state index in [1.165, 1.54) is 12.4 Å². The smallest absolute Gasteiger partial charge is 0.262 e. The molecular weight excluding hydrogens is 1270 g/mol. The average molecular weight is 1340 g/mol. The number of carbonyl (C=O) groups is 6. The maximum Gasteiger partial charge on any atom is 0.262 e. The summed E-state index contributed by atoms with van der Waals surface area (Å²) in [7, 11) is 0. The van der Waals surface area contributed by atoms with Gasteiger partial charge in [-0.15, -0.1) is 0 Å². The molecule has 0 aliphatic carbocycles. The first-order valence-corrected chi connectivity index (χ1v) is 33.2. The van der Waals surface area contributed by atoms with Crippen LogP contribution < -0.4 is 29.6 Å². The standard InChI is InChI=1S/C80H72N6O14/c1-10-93-41-95-30-28-84-76(88)74(56-16-12-14-26-82-56)86-79(91)53-37-63(99-59-23-19-44(4)33-48(59)8)69-67-61(97-57-21-17-42(2)31-46(57)6)35-51-65-52(78(90)85(77(51)89)73(55-15-11-13-25-81-55)75(87)83-27-29-94-39-50-40-96-50)36-62(98-58-22-18-43(3)32-47(58)7)68(71(65)67)70-64(38-54(80(86)92)66(53)72(69)70)100-60-24-20-45(5)34-49(60)9/h11-26,31-38,50,73-74H,10,27-30,39-41H2,1-9H3,(H,83,87)(H,84,88). The number of pyridine rings is 2. The van der Waals surface area contributed by atoms with Gasteiger partial charge in [0.05, 0.1) is 60.1 Å². The second kappa shape index (κ2) is 27.3. The van der Waals surface area contributed by atoms with E-state index >= 15 is 28.8 Å². The van der Waals surface area contributed by atoms with Crippen molar-refractivity contribution < 1.29 is 66.7 Å². The predicted molar refractivity (Wildman–Crippen MR) is 376 cm³/mol. The molecule has 11 aromatic rings. The molecule has 0 bridgehead atoms. The van der Waals surface area contributed by atoms with Gasteiger partial charge in [-0.05, 0) is 157 Å². The summed E-state index contributed by atoms with van der Waals surface area (Å²) in [6.07, 6.45) is 2.94. The second-order valence-corrected chi connectivity index (χ2v) is 25.6. The highest BCUT2D eigenvalue weighted by Gasteiger charge is 2.47. The maximum absolute atomic E-state index is 16.4. The molecule has 0 radical (unpaired) electrons. The molecule has 3 aliphatic rings. The summed E-state index contributed by atoms with van der Waals surface area (Å²) in [6, 6.07) is 35.6. The van der Waals surface area contributed by atoms with E-state index in [0.29, 0.717) is 42.8 Å². The minimum absolute atomic E-state index is 0.0121. The molecule has 6 amide bonds. The number of fused-ring (bicyclic) bond motifs is 2. The Kier molecular flexibility index (Phi) is 18.0. The maximum atomic E-state index is 16.4. The molecule has 5 heterocycles. The molecule has 14 rings (SSSR count). The Hall–Kier alpha value is -11.2. The van der Waals surface area contributed by atoms with Crippen molar-refractivity contribution in [3.8, 4) is 46.0 Å². The van der Waals surface area contributed by atoms with Crippen molar-refractivity contribution >= 4 is 78.5 Å². The van der Waals surface area contributed by atoms with Gasteiger partial charge in [-0.3, -0.25) is 48.5 Å². The lowest BCUT2D eigenvalue weighted by molar-refractivity contribution is -0.126. The summed E-state index contributed by atoms with van der Waals surface area (Å²) in [4.78, 5) is 107. The van der Waals surface area contributed by atoms with Crippen molar-refractivity contribution in [2.75, 3.05) is 52.9 Å².